The van der Waals surface area contributed by atoms with Crippen LogP contribution in [-0.2, 0) is 0 Å². The molecule has 1 aromatic carbocycles. The van der Waals surface area contributed by atoms with Gasteiger partial charge in [-0.2, -0.15) is 4.99 Å². The molecule has 0 radical (unpaired) electrons. The van der Waals surface area contributed by atoms with E-state index in [-0.39, 0.29) is 17.7 Å². The van der Waals surface area contributed by atoms with Gasteiger partial charge in [-0.05, 0) is 25.0 Å². The third-order valence-corrected chi connectivity index (χ3v) is 2.87. The van der Waals surface area contributed by atoms with Gasteiger partial charge >= 0.3 is 0 Å². The van der Waals surface area contributed by atoms with E-state index in [1.54, 1.807) is 12.1 Å². The number of benzene rings is 1. The van der Waals surface area contributed by atoms with Crippen molar-refractivity contribution in [3.63, 3.8) is 0 Å². The van der Waals surface area contributed by atoms with E-state index in [0.717, 1.165) is 25.9 Å². The maximum Gasteiger partial charge on any atom is 0.223 e. The summed E-state index contributed by atoms with van der Waals surface area (Å²) in [5.41, 5.74) is 16.9. The number of halogens is 1. The monoisotopic (exact) mass is 264 g/mol. The fourth-order valence-electron chi connectivity index (χ4n) is 2.13. The lowest BCUT2D eigenvalue weighted by Gasteiger charge is -2.20. The second-order valence-electron chi connectivity index (χ2n) is 4.31. The summed E-state index contributed by atoms with van der Waals surface area (Å²) in [7, 11) is 0. The Kier molecular flexibility index (Phi) is 3.84. The third-order valence-electron chi connectivity index (χ3n) is 2.87. The zero-order valence-electron chi connectivity index (χ0n) is 10.5. The summed E-state index contributed by atoms with van der Waals surface area (Å²) >= 11 is 0. The molecular weight excluding hydrogens is 247 g/mol. The number of hydrogen-bond donors (Lipinski definition) is 3. The van der Waals surface area contributed by atoms with Crippen molar-refractivity contribution in [2.45, 2.75) is 12.8 Å². The highest BCUT2D eigenvalue weighted by molar-refractivity contribution is 5.94. The third kappa shape index (κ3) is 3.12. The van der Waals surface area contributed by atoms with Crippen molar-refractivity contribution in [2.24, 2.45) is 27.2 Å². The Morgan fingerprint density at radius 1 is 1.16 bits per heavy atom. The first kappa shape index (κ1) is 13.1. The number of nitrogens with two attached hydrogens (primary N) is 3. The molecule has 0 saturated carbocycles. The van der Waals surface area contributed by atoms with Crippen LogP contribution in [0.5, 0.6) is 0 Å². The predicted octanol–water partition coefficient (Wildman–Crippen LogP) is 0.646. The van der Waals surface area contributed by atoms with Crippen molar-refractivity contribution in [2.75, 3.05) is 18.0 Å². The van der Waals surface area contributed by atoms with E-state index < -0.39 is 0 Å². The van der Waals surface area contributed by atoms with E-state index in [4.69, 9.17) is 17.2 Å². The Morgan fingerprint density at radius 2 is 1.84 bits per heavy atom. The normalized spacial score (nSPS) is 15.6. The fraction of sp³-hybridized carbons (Fsp3) is 0.333. The summed E-state index contributed by atoms with van der Waals surface area (Å²) in [4.78, 5) is 9.65. The van der Waals surface area contributed by atoms with Crippen LogP contribution in [0.25, 0.3) is 0 Å². The molecule has 1 saturated heterocycles. The number of para-hydroxylation sites is 1. The molecule has 0 spiro atoms. The zero-order chi connectivity index (χ0) is 13.8. The molecule has 7 heteroatoms. The van der Waals surface area contributed by atoms with Crippen molar-refractivity contribution < 1.29 is 4.39 Å². The minimum Gasteiger partial charge on any atom is -0.370 e. The topological polar surface area (TPSA) is 106 Å². The smallest absolute Gasteiger partial charge is 0.223 e. The first-order chi connectivity index (χ1) is 9.08. The highest BCUT2D eigenvalue weighted by Gasteiger charge is 2.19. The van der Waals surface area contributed by atoms with E-state index >= 15 is 0 Å². The maximum atomic E-state index is 14.0. The molecule has 1 heterocycles. The molecule has 1 aliphatic rings. The Balaban J connectivity index is 2.40. The van der Waals surface area contributed by atoms with Crippen LogP contribution in [0.15, 0.2) is 28.2 Å². The van der Waals surface area contributed by atoms with E-state index in [9.17, 15) is 4.39 Å². The number of rotatable bonds is 2. The fourth-order valence-corrected chi connectivity index (χ4v) is 2.13. The van der Waals surface area contributed by atoms with Crippen LogP contribution in [0.4, 0.5) is 15.8 Å². The molecule has 0 aliphatic carbocycles. The number of anilines is 1. The van der Waals surface area contributed by atoms with Gasteiger partial charge in [-0.3, -0.25) is 0 Å². The van der Waals surface area contributed by atoms with Crippen molar-refractivity contribution >= 4 is 23.3 Å². The van der Waals surface area contributed by atoms with Crippen LogP contribution >= 0.6 is 0 Å². The van der Waals surface area contributed by atoms with E-state index in [1.165, 1.54) is 6.07 Å². The summed E-state index contributed by atoms with van der Waals surface area (Å²) < 4.78 is 14.0. The molecule has 1 aliphatic heterocycles. The minimum atomic E-state index is -0.319. The highest BCUT2D eigenvalue weighted by atomic mass is 19.1. The van der Waals surface area contributed by atoms with Gasteiger partial charge in [0.25, 0.3) is 0 Å². The lowest BCUT2D eigenvalue weighted by atomic mass is 10.2. The summed E-state index contributed by atoms with van der Waals surface area (Å²) in [6, 6.07) is 4.67. The lowest BCUT2D eigenvalue weighted by molar-refractivity contribution is 0.623. The molecule has 0 atom stereocenters. The molecule has 19 heavy (non-hydrogen) atoms. The summed E-state index contributed by atoms with van der Waals surface area (Å²) in [5, 5.41) is 0. The molecular formula is C12H17FN6. The van der Waals surface area contributed by atoms with Gasteiger partial charge in [0, 0.05) is 13.1 Å². The van der Waals surface area contributed by atoms with Gasteiger partial charge in [0.15, 0.2) is 5.96 Å². The quantitative estimate of drug-likeness (QED) is 0.538. The average molecular weight is 264 g/mol. The Morgan fingerprint density at radius 3 is 2.47 bits per heavy atom. The van der Waals surface area contributed by atoms with Crippen molar-refractivity contribution in [1.29, 1.82) is 0 Å². The first-order valence-electron chi connectivity index (χ1n) is 6.05. The zero-order valence-corrected chi connectivity index (χ0v) is 10.5. The number of aliphatic imine (C=N–C) groups is 2. The first-order valence-corrected chi connectivity index (χ1v) is 6.05. The number of hydrogen-bond acceptors (Lipinski definition) is 2. The van der Waals surface area contributed by atoms with Gasteiger partial charge in [0.1, 0.15) is 5.82 Å². The van der Waals surface area contributed by atoms with Crippen LogP contribution in [-0.4, -0.2) is 25.0 Å². The highest BCUT2D eigenvalue weighted by Crippen LogP contribution is 2.33. The van der Waals surface area contributed by atoms with Crippen LogP contribution in [0, 0.1) is 5.82 Å². The van der Waals surface area contributed by atoms with Gasteiger partial charge in [-0.1, -0.05) is 6.07 Å². The molecule has 6 nitrogen and oxygen atoms in total. The van der Waals surface area contributed by atoms with Crippen LogP contribution < -0.4 is 22.1 Å². The number of nitrogens with zero attached hydrogens (tertiary/aromatic N) is 3. The summed E-state index contributed by atoms with van der Waals surface area (Å²) in [6.07, 6.45) is 2.09. The summed E-state index contributed by atoms with van der Waals surface area (Å²) in [5.74, 6) is -0.591. The summed E-state index contributed by atoms with van der Waals surface area (Å²) in [6.45, 7) is 1.62. The Labute approximate surface area is 110 Å². The molecule has 102 valence electrons. The molecule has 1 fully saturated rings. The molecule has 0 amide bonds. The average Bonchev–Trinajstić information content (AvgIpc) is 2.81. The number of guanidine groups is 2. The van der Waals surface area contributed by atoms with Crippen molar-refractivity contribution in [3.05, 3.63) is 24.0 Å². The van der Waals surface area contributed by atoms with E-state index in [1.807, 2.05) is 4.90 Å². The van der Waals surface area contributed by atoms with Gasteiger partial charge < -0.3 is 22.1 Å². The minimum absolute atomic E-state index is 0.0916. The molecule has 2 rings (SSSR count). The van der Waals surface area contributed by atoms with Gasteiger partial charge in [-0.25, -0.2) is 9.38 Å². The largest absolute Gasteiger partial charge is 0.370 e. The van der Waals surface area contributed by atoms with Crippen molar-refractivity contribution in [3.8, 4) is 0 Å². The van der Waals surface area contributed by atoms with Crippen LogP contribution in [0.3, 0.4) is 0 Å². The molecule has 6 N–H and O–H groups in total. The molecule has 0 bridgehead atoms. The predicted molar refractivity (Wildman–Crippen MR) is 74.9 cm³/mol. The standard InChI is InChI=1S/C12H17FN6/c13-8-4-3-5-9(17-12(16)18-11(14)15)10(8)19-6-1-2-7-19/h3-5H,1-2,6-7H2,(H6,14,15,16,17,18). The van der Waals surface area contributed by atoms with E-state index in [2.05, 4.69) is 9.98 Å². The van der Waals surface area contributed by atoms with Gasteiger partial charge in [0.2, 0.25) is 5.96 Å². The van der Waals surface area contributed by atoms with Crippen molar-refractivity contribution in [1.82, 2.24) is 0 Å². The Hall–Kier alpha value is -2.31. The van der Waals surface area contributed by atoms with Crippen LogP contribution in [0.1, 0.15) is 12.8 Å². The van der Waals surface area contributed by atoms with Gasteiger partial charge in [-0.15, -0.1) is 0 Å². The molecule has 0 unspecified atom stereocenters. The van der Waals surface area contributed by atoms with Gasteiger partial charge in [0.05, 0.1) is 11.4 Å². The Bertz CT molecular complexity index is 515. The lowest BCUT2D eigenvalue weighted by Crippen LogP contribution is -2.26. The SMILES string of the molecule is NC(N)=NC(N)=Nc1cccc(F)c1N1CCCC1. The molecule has 0 aromatic heterocycles. The second kappa shape index (κ2) is 5.55. The second-order valence-corrected chi connectivity index (χ2v) is 4.31. The van der Waals surface area contributed by atoms with E-state index in [0.29, 0.717) is 11.4 Å². The molecule has 1 aromatic rings. The maximum absolute atomic E-state index is 14.0. The van der Waals surface area contributed by atoms with Crippen LogP contribution in [0.2, 0.25) is 0 Å².